The Morgan fingerprint density at radius 1 is 1.45 bits per heavy atom. The molecule has 0 amide bonds. The number of imidazole rings is 1. The molecule has 0 radical (unpaired) electrons. The summed E-state index contributed by atoms with van der Waals surface area (Å²) < 4.78 is 7.31. The Morgan fingerprint density at radius 2 is 2.25 bits per heavy atom. The summed E-state index contributed by atoms with van der Waals surface area (Å²) in [4.78, 5) is 4.31. The molecular weight excluding hydrogens is 272 g/mol. The molecule has 0 saturated carbocycles. The first-order valence-electron chi connectivity index (χ1n) is 6.13. The van der Waals surface area contributed by atoms with Crippen LogP contribution in [0.25, 0.3) is 0 Å². The van der Waals surface area contributed by atoms with Gasteiger partial charge in [0.25, 0.3) is 0 Å². The predicted octanol–water partition coefficient (Wildman–Crippen LogP) is 2.16. The van der Waals surface area contributed by atoms with E-state index >= 15 is 0 Å². The van der Waals surface area contributed by atoms with Crippen molar-refractivity contribution in [1.29, 1.82) is 0 Å². The third-order valence-electron chi connectivity index (χ3n) is 2.87. The number of nitrogens with zero attached hydrogens (tertiary/aromatic N) is 2. The van der Waals surface area contributed by atoms with Crippen LogP contribution in [0.15, 0.2) is 35.6 Å². The molecule has 0 atom stereocenters. The van der Waals surface area contributed by atoms with Gasteiger partial charge in [0.05, 0.1) is 37.9 Å². The second-order valence-electron chi connectivity index (χ2n) is 4.08. The van der Waals surface area contributed by atoms with E-state index in [1.54, 1.807) is 13.3 Å². The molecule has 1 aromatic heterocycles. The Bertz CT molecular complexity index is 617. The van der Waals surface area contributed by atoms with Crippen LogP contribution >= 0.6 is 11.8 Å². The van der Waals surface area contributed by atoms with Crippen LogP contribution in [-0.4, -0.2) is 27.5 Å². The van der Waals surface area contributed by atoms with Crippen LogP contribution in [-0.2, 0) is 13.2 Å². The van der Waals surface area contributed by atoms with E-state index < -0.39 is 0 Å². The predicted molar refractivity (Wildman–Crippen MR) is 79.8 cm³/mol. The summed E-state index contributed by atoms with van der Waals surface area (Å²) in [7, 11) is 1.65. The molecule has 0 bridgehead atoms. The molecule has 1 aromatic carbocycles. The van der Waals surface area contributed by atoms with Crippen molar-refractivity contribution in [2.45, 2.75) is 18.3 Å². The molecule has 0 saturated heterocycles. The zero-order valence-corrected chi connectivity index (χ0v) is 12.1. The van der Waals surface area contributed by atoms with Crippen LogP contribution in [0.3, 0.4) is 0 Å². The van der Waals surface area contributed by atoms with E-state index in [1.807, 2.05) is 28.8 Å². The molecular formula is C15H16N2O2S. The molecule has 104 valence electrons. The van der Waals surface area contributed by atoms with E-state index in [0.29, 0.717) is 12.3 Å². The van der Waals surface area contributed by atoms with Crippen LogP contribution < -0.4 is 4.74 Å². The number of hydrogen-bond acceptors (Lipinski definition) is 4. The van der Waals surface area contributed by atoms with Crippen molar-refractivity contribution >= 4 is 11.8 Å². The number of thioether (sulfide) groups is 1. The maximum absolute atomic E-state index is 9.42. The lowest BCUT2D eigenvalue weighted by molar-refractivity contribution is 0.270. The molecule has 0 aliphatic carbocycles. The van der Waals surface area contributed by atoms with Crippen LogP contribution in [0.5, 0.6) is 5.75 Å². The highest BCUT2D eigenvalue weighted by molar-refractivity contribution is 7.99. The quantitative estimate of drug-likeness (QED) is 0.653. The SMILES string of the molecule is C#CCSc1ncc(CO)n1Cc1ccccc1OC. The van der Waals surface area contributed by atoms with E-state index in [2.05, 4.69) is 10.9 Å². The number of benzene rings is 1. The summed E-state index contributed by atoms with van der Waals surface area (Å²) in [5.41, 5.74) is 1.79. The highest BCUT2D eigenvalue weighted by atomic mass is 32.2. The molecule has 5 heteroatoms. The van der Waals surface area contributed by atoms with Crippen LogP contribution in [0, 0.1) is 12.3 Å². The van der Waals surface area contributed by atoms with Crippen LogP contribution in [0.2, 0.25) is 0 Å². The smallest absolute Gasteiger partial charge is 0.169 e. The largest absolute Gasteiger partial charge is 0.496 e. The zero-order chi connectivity index (χ0) is 14.4. The molecule has 1 N–H and O–H groups in total. The van der Waals surface area contributed by atoms with Crippen molar-refractivity contribution in [1.82, 2.24) is 9.55 Å². The first-order valence-corrected chi connectivity index (χ1v) is 7.12. The summed E-state index contributed by atoms with van der Waals surface area (Å²) in [5.74, 6) is 3.95. The maximum atomic E-state index is 9.42. The molecule has 0 spiro atoms. The first kappa shape index (κ1) is 14.5. The summed E-state index contributed by atoms with van der Waals surface area (Å²) in [6.45, 7) is 0.533. The van der Waals surface area contributed by atoms with E-state index in [4.69, 9.17) is 11.2 Å². The van der Waals surface area contributed by atoms with Crippen molar-refractivity contribution in [2.24, 2.45) is 0 Å². The van der Waals surface area contributed by atoms with Gasteiger partial charge in [0, 0.05) is 5.56 Å². The Balaban J connectivity index is 2.31. The zero-order valence-electron chi connectivity index (χ0n) is 11.2. The Kier molecular flexibility index (Phi) is 5.10. The van der Waals surface area contributed by atoms with E-state index in [0.717, 1.165) is 22.2 Å². The number of methoxy groups -OCH3 is 1. The van der Waals surface area contributed by atoms with Gasteiger partial charge in [-0.15, -0.1) is 6.42 Å². The molecule has 2 rings (SSSR count). The van der Waals surface area contributed by atoms with Gasteiger partial charge in [-0.2, -0.15) is 0 Å². The number of para-hydroxylation sites is 1. The third-order valence-corrected chi connectivity index (χ3v) is 3.76. The van der Waals surface area contributed by atoms with Gasteiger partial charge in [-0.25, -0.2) is 4.98 Å². The second-order valence-corrected chi connectivity index (χ2v) is 5.02. The topological polar surface area (TPSA) is 47.3 Å². The number of rotatable bonds is 6. The third kappa shape index (κ3) is 3.16. The lowest BCUT2D eigenvalue weighted by Gasteiger charge is -2.13. The molecule has 4 nitrogen and oxygen atoms in total. The molecule has 0 unspecified atom stereocenters. The highest BCUT2D eigenvalue weighted by Crippen LogP contribution is 2.24. The Labute approximate surface area is 122 Å². The van der Waals surface area contributed by atoms with Gasteiger partial charge in [-0.05, 0) is 6.07 Å². The fourth-order valence-electron chi connectivity index (χ4n) is 1.91. The van der Waals surface area contributed by atoms with Gasteiger partial charge >= 0.3 is 0 Å². The molecule has 0 aliphatic heterocycles. The monoisotopic (exact) mass is 288 g/mol. The summed E-state index contributed by atoms with van der Waals surface area (Å²) in [5, 5.41) is 10.2. The lowest BCUT2D eigenvalue weighted by atomic mass is 10.2. The normalized spacial score (nSPS) is 10.2. The molecule has 20 heavy (non-hydrogen) atoms. The highest BCUT2D eigenvalue weighted by Gasteiger charge is 2.12. The summed E-state index contributed by atoms with van der Waals surface area (Å²) in [6, 6.07) is 7.80. The van der Waals surface area contributed by atoms with Gasteiger partial charge in [-0.3, -0.25) is 0 Å². The van der Waals surface area contributed by atoms with Gasteiger partial charge in [0.2, 0.25) is 0 Å². The maximum Gasteiger partial charge on any atom is 0.169 e. The molecule has 1 heterocycles. The van der Waals surface area contributed by atoms with Crippen molar-refractivity contribution in [3.63, 3.8) is 0 Å². The van der Waals surface area contributed by atoms with Crippen LogP contribution in [0.1, 0.15) is 11.3 Å². The van der Waals surface area contributed by atoms with E-state index in [9.17, 15) is 5.11 Å². The average Bonchev–Trinajstić information content (AvgIpc) is 2.87. The van der Waals surface area contributed by atoms with Crippen molar-refractivity contribution in [3.8, 4) is 18.1 Å². The minimum absolute atomic E-state index is 0.0568. The fraction of sp³-hybridized carbons (Fsp3) is 0.267. The Morgan fingerprint density at radius 3 is 2.95 bits per heavy atom. The van der Waals surface area contributed by atoms with Gasteiger partial charge in [0.15, 0.2) is 5.16 Å². The molecule has 2 aromatic rings. The molecule has 0 aliphatic rings. The number of ether oxygens (including phenoxy) is 1. The lowest BCUT2D eigenvalue weighted by Crippen LogP contribution is -2.07. The average molecular weight is 288 g/mol. The number of terminal acetylenes is 1. The van der Waals surface area contributed by atoms with Gasteiger partial charge in [0.1, 0.15) is 5.75 Å². The van der Waals surface area contributed by atoms with E-state index in [1.165, 1.54) is 11.8 Å². The standard InChI is InChI=1S/C15H16N2O2S/c1-3-8-20-15-16-9-13(11-18)17(15)10-12-6-4-5-7-14(12)19-2/h1,4-7,9,18H,8,10-11H2,2H3. The van der Waals surface area contributed by atoms with Gasteiger partial charge in [-0.1, -0.05) is 35.9 Å². The Hall–Kier alpha value is -1.90. The summed E-state index contributed by atoms with van der Waals surface area (Å²) in [6.07, 6.45) is 6.96. The molecule has 0 fully saturated rings. The number of aliphatic hydroxyl groups is 1. The van der Waals surface area contributed by atoms with Crippen molar-refractivity contribution in [2.75, 3.05) is 12.9 Å². The van der Waals surface area contributed by atoms with E-state index in [-0.39, 0.29) is 6.61 Å². The minimum atomic E-state index is -0.0568. The fourth-order valence-corrected chi connectivity index (χ4v) is 2.59. The number of aromatic nitrogens is 2. The first-order chi connectivity index (χ1) is 9.80. The van der Waals surface area contributed by atoms with Crippen molar-refractivity contribution < 1.29 is 9.84 Å². The second kappa shape index (κ2) is 7.04. The number of aliphatic hydroxyl groups excluding tert-OH is 1. The van der Waals surface area contributed by atoms with Crippen LogP contribution in [0.4, 0.5) is 0 Å². The number of hydrogen-bond donors (Lipinski definition) is 1. The summed E-state index contributed by atoms with van der Waals surface area (Å²) >= 11 is 1.48. The minimum Gasteiger partial charge on any atom is -0.496 e. The van der Waals surface area contributed by atoms with Gasteiger partial charge < -0.3 is 14.4 Å². The van der Waals surface area contributed by atoms with Crippen molar-refractivity contribution in [3.05, 3.63) is 41.7 Å².